The van der Waals surface area contributed by atoms with E-state index in [1.807, 2.05) is 12.1 Å². The molecule has 6 nitrogen and oxygen atoms in total. The molecule has 9 heteroatoms. The summed E-state index contributed by atoms with van der Waals surface area (Å²) in [5, 5.41) is 3.88. The second-order valence-electron chi connectivity index (χ2n) is 7.30. The van der Waals surface area contributed by atoms with Crippen LogP contribution < -0.4 is 15.1 Å². The van der Waals surface area contributed by atoms with Crippen molar-refractivity contribution in [2.45, 2.75) is 23.8 Å². The van der Waals surface area contributed by atoms with Crippen molar-refractivity contribution in [3.63, 3.8) is 0 Å². The van der Waals surface area contributed by atoms with Crippen LogP contribution in [-0.4, -0.2) is 44.3 Å². The van der Waals surface area contributed by atoms with E-state index < -0.39 is 6.09 Å². The summed E-state index contributed by atoms with van der Waals surface area (Å²) in [6, 6.07) is 10.1. The van der Waals surface area contributed by atoms with E-state index in [1.54, 1.807) is 24.3 Å². The standard InChI is InChI=1S/C21H21Cl2N3O3S/c22-13-3-6-19(30)16(9-13)20(27)24-11-15-12-29-21(28)26(15)14-4-5-18(17(23)10-14)25-7-1-2-8-25/h3-6,9-10,15,30H,1-2,7-8,11-12H2,(H,24,27). The Bertz CT molecular complexity index is 982. The Labute approximate surface area is 190 Å². The van der Waals surface area contributed by atoms with Crippen LogP contribution in [0, 0.1) is 0 Å². The number of rotatable bonds is 5. The van der Waals surface area contributed by atoms with Crippen molar-refractivity contribution in [1.29, 1.82) is 0 Å². The second kappa shape index (κ2) is 8.96. The number of hydrogen-bond donors (Lipinski definition) is 2. The number of carbonyl (C=O) groups is 2. The van der Waals surface area contributed by atoms with Gasteiger partial charge in [-0.2, -0.15) is 0 Å². The highest BCUT2D eigenvalue weighted by Gasteiger charge is 2.35. The van der Waals surface area contributed by atoms with Gasteiger partial charge in [0.25, 0.3) is 5.91 Å². The Balaban J connectivity index is 1.48. The normalized spacial score (nSPS) is 18.6. The summed E-state index contributed by atoms with van der Waals surface area (Å²) in [4.78, 5) is 29.2. The molecule has 2 amide bonds. The molecule has 0 aliphatic carbocycles. The van der Waals surface area contributed by atoms with Gasteiger partial charge in [0.15, 0.2) is 0 Å². The molecule has 0 aromatic heterocycles. The lowest BCUT2D eigenvalue weighted by Crippen LogP contribution is -2.43. The maximum Gasteiger partial charge on any atom is 0.414 e. The highest BCUT2D eigenvalue weighted by Crippen LogP contribution is 2.34. The fourth-order valence-corrected chi connectivity index (χ4v) is 4.49. The predicted molar refractivity (Wildman–Crippen MR) is 122 cm³/mol. The predicted octanol–water partition coefficient (Wildman–Crippen LogP) is 4.64. The van der Waals surface area contributed by atoms with E-state index in [4.69, 9.17) is 27.9 Å². The molecule has 2 aromatic carbocycles. The Morgan fingerprint density at radius 3 is 2.67 bits per heavy atom. The summed E-state index contributed by atoms with van der Waals surface area (Å²) in [6.45, 7) is 2.36. The van der Waals surface area contributed by atoms with E-state index in [9.17, 15) is 9.59 Å². The highest BCUT2D eigenvalue weighted by molar-refractivity contribution is 7.80. The minimum atomic E-state index is -0.461. The first kappa shape index (κ1) is 21.2. The number of ether oxygens (including phenoxy) is 1. The first-order chi connectivity index (χ1) is 14.4. The quantitative estimate of drug-likeness (QED) is 0.631. The minimum absolute atomic E-state index is 0.174. The molecule has 2 aliphatic heterocycles. The number of halogens is 2. The summed E-state index contributed by atoms with van der Waals surface area (Å²) in [5.41, 5.74) is 1.99. The number of benzene rings is 2. The molecule has 2 fully saturated rings. The molecule has 1 N–H and O–H groups in total. The van der Waals surface area contributed by atoms with E-state index in [0.717, 1.165) is 31.6 Å². The van der Waals surface area contributed by atoms with Crippen LogP contribution in [0.5, 0.6) is 0 Å². The molecule has 0 spiro atoms. The van der Waals surface area contributed by atoms with Gasteiger partial charge in [0.1, 0.15) is 6.61 Å². The van der Waals surface area contributed by atoms with Crippen LogP contribution in [0.4, 0.5) is 16.2 Å². The van der Waals surface area contributed by atoms with E-state index in [2.05, 4.69) is 22.8 Å². The molecule has 1 unspecified atom stereocenters. The van der Waals surface area contributed by atoms with Crippen LogP contribution in [-0.2, 0) is 4.74 Å². The Morgan fingerprint density at radius 2 is 1.93 bits per heavy atom. The number of carbonyl (C=O) groups excluding carboxylic acids is 2. The second-order valence-corrected chi connectivity index (χ2v) is 8.63. The third kappa shape index (κ3) is 4.33. The first-order valence-corrected chi connectivity index (χ1v) is 10.9. The van der Waals surface area contributed by atoms with E-state index in [0.29, 0.717) is 26.2 Å². The molecule has 0 radical (unpaired) electrons. The largest absolute Gasteiger partial charge is 0.447 e. The van der Waals surface area contributed by atoms with Gasteiger partial charge in [0.05, 0.1) is 22.3 Å². The van der Waals surface area contributed by atoms with Gasteiger partial charge in [-0.25, -0.2) is 4.79 Å². The van der Waals surface area contributed by atoms with Gasteiger partial charge in [-0.1, -0.05) is 23.2 Å². The van der Waals surface area contributed by atoms with Crippen molar-refractivity contribution in [3.8, 4) is 0 Å². The van der Waals surface area contributed by atoms with Gasteiger partial charge in [0, 0.05) is 35.2 Å². The van der Waals surface area contributed by atoms with Gasteiger partial charge in [0.2, 0.25) is 0 Å². The molecule has 2 saturated heterocycles. The number of anilines is 2. The summed E-state index contributed by atoms with van der Waals surface area (Å²) in [5.74, 6) is -0.316. The van der Waals surface area contributed by atoms with Crippen molar-refractivity contribution in [2.24, 2.45) is 0 Å². The van der Waals surface area contributed by atoms with E-state index in [-0.39, 0.29) is 25.1 Å². The smallest absolute Gasteiger partial charge is 0.414 e. The third-order valence-corrected chi connectivity index (χ3v) is 6.25. The zero-order valence-corrected chi connectivity index (χ0v) is 18.5. The Kier molecular flexibility index (Phi) is 6.32. The van der Waals surface area contributed by atoms with Crippen LogP contribution in [0.2, 0.25) is 10.0 Å². The summed E-state index contributed by atoms with van der Waals surface area (Å²) >= 11 is 16.8. The van der Waals surface area contributed by atoms with Gasteiger partial charge in [-0.05, 0) is 49.2 Å². The van der Waals surface area contributed by atoms with Crippen LogP contribution in [0.3, 0.4) is 0 Å². The fraction of sp³-hybridized carbons (Fsp3) is 0.333. The number of nitrogens with one attached hydrogen (secondary N) is 1. The number of hydrogen-bond acceptors (Lipinski definition) is 5. The number of thiol groups is 1. The van der Waals surface area contributed by atoms with E-state index in [1.165, 1.54) is 4.90 Å². The summed E-state index contributed by atoms with van der Waals surface area (Å²) in [7, 11) is 0. The van der Waals surface area contributed by atoms with Gasteiger partial charge in [-0.15, -0.1) is 12.6 Å². The topological polar surface area (TPSA) is 61.9 Å². The zero-order valence-electron chi connectivity index (χ0n) is 16.1. The molecule has 4 rings (SSSR count). The fourth-order valence-electron chi connectivity index (χ4n) is 3.78. The lowest BCUT2D eigenvalue weighted by Gasteiger charge is -2.24. The first-order valence-electron chi connectivity index (χ1n) is 9.71. The molecule has 0 saturated carbocycles. The molecule has 1 atom stereocenters. The molecule has 0 bridgehead atoms. The third-order valence-electron chi connectivity index (χ3n) is 5.32. The van der Waals surface area contributed by atoms with Crippen LogP contribution in [0.25, 0.3) is 0 Å². The zero-order chi connectivity index (χ0) is 21.3. The summed E-state index contributed by atoms with van der Waals surface area (Å²) in [6.07, 6.45) is 1.84. The monoisotopic (exact) mass is 465 g/mol. The van der Waals surface area contributed by atoms with Crippen LogP contribution >= 0.6 is 35.8 Å². The molecule has 2 aliphatic rings. The molecule has 2 aromatic rings. The van der Waals surface area contributed by atoms with Crippen molar-refractivity contribution < 1.29 is 14.3 Å². The highest BCUT2D eigenvalue weighted by atomic mass is 35.5. The number of cyclic esters (lactones) is 1. The van der Waals surface area contributed by atoms with Crippen molar-refractivity contribution in [1.82, 2.24) is 5.32 Å². The number of nitrogens with zero attached hydrogens (tertiary/aromatic N) is 2. The van der Waals surface area contributed by atoms with Crippen molar-refractivity contribution in [3.05, 3.63) is 52.0 Å². The lowest BCUT2D eigenvalue weighted by atomic mass is 10.2. The Morgan fingerprint density at radius 1 is 1.17 bits per heavy atom. The van der Waals surface area contributed by atoms with Gasteiger partial charge >= 0.3 is 6.09 Å². The van der Waals surface area contributed by atoms with E-state index >= 15 is 0 Å². The molecular weight excluding hydrogens is 445 g/mol. The van der Waals surface area contributed by atoms with Crippen LogP contribution in [0.1, 0.15) is 23.2 Å². The molecular formula is C21H21Cl2N3O3S. The maximum absolute atomic E-state index is 12.6. The molecule has 2 heterocycles. The minimum Gasteiger partial charge on any atom is -0.447 e. The van der Waals surface area contributed by atoms with Crippen LogP contribution in [0.15, 0.2) is 41.3 Å². The van der Waals surface area contributed by atoms with Gasteiger partial charge < -0.3 is 15.0 Å². The average Bonchev–Trinajstić information content (AvgIpc) is 3.38. The Hall–Kier alpha value is -2.09. The molecule has 30 heavy (non-hydrogen) atoms. The van der Waals surface area contributed by atoms with Crippen molar-refractivity contribution >= 4 is 59.2 Å². The maximum atomic E-state index is 12.6. The SMILES string of the molecule is O=C(NCC1COC(=O)N1c1ccc(N2CCCC2)c(Cl)c1)c1cc(Cl)ccc1S. The average molecular weight is 466 g/mol. The molecule has 158 valence electrons. The summed E-state index contributed by atoms with van der Waals surface area (Å²) < 4.78 is 5.23. The van der Waals surface area contributed by atoms with Gasteiger partial charge in [-0.3, -0.25) is 9.69 Å². The number of amides is 2. The lowest BCUT2D eigenvalue weighted by molar-refractivity contribution is 0.0947. The van der Waals surface area contributed by atoms with Crippen molar-refractivity contribution in [2.75, 3.05) is 36.0 Å².